The average Bonchev–Trinajstić information content (AvgIpc) is 2.75. The SMILES string of the molecule is Cc1cc(CNC(=O)c2ccc(Cl)c(N)c2)no1. The number of amides is 1. The first-order valence-corrected chi connectivity index (χ1v) is 5.69. The minimum absolute atomic E-state index is 0.237. The first-order valence-electron chi connectivity index (χ1n) is 5.31. The van der Waals surface area contributed by atoms with Gasteiger partial charge in [-0.15, -0.1) is 0 Å². The van der Waals surface area contributed by atoms with Crippen molar-refractivity contribution in [3.8, 4) is 0 Å². The second-order valence-corrected chi connectivity index (χ2v) is 4.26. The number of benzene rings is 1. The highest BCUT2D eigenvalue weighted by Gasteiger charge is 2.08. The third-order valence-corrected chi connectivity index (χ3v) is 2.71. The van der Waals surface area contributed by atoms with Gasteiger partial charge >= 0.3 is 0 Å². The molecule has 0 saturated carbocycles. The van der Waals surface area contributed by atoms with E-state index < -0.39 is 0 Å². The van der Waals surface area contributed by atoms with Crippen molar-refractivity contribution < 1.29 is 9.32 Å². The van der Waals surface area contributed by atoms with Crippen molar-refractivity contribution in [1.82, 2.24) is 10.5 Å². The molecule has 0 fully saturated rings. The average molecular weight is 266 g/mol. The van der Waals surface area contributed by atoms with Crippen molar-refractivity contribution in [1.29, 1.82) is 0 Å². The molecular weight excluding hydrogens is 254 g/mol. The van der Waals surface area contributed by atoms with Crippen molar-refractivity contribution in [3.63, 3.8) is 0 Å². The largest absolute Gasteiger partial charge is 0.398 e. The zero-order chi connectivity index (χ0) is 13.1. The van der Waals surface area contributed by atoms with Crippen LogP contribution in [0.4, 0.5) is 5.69 Å². The highest BCUT2D eigenvalue weighted by molar-refractivity contribution is 6.33. The number of carbonyl (C=O) groups excluding carboxylic acids is 1. The minimum Gasteiger partial charge on any atom is -0.398 e. The third kappa shape index (κ3) is 2.81. The molecule has 5 nitrogen and oxygen atoms in total. The highest BCUT2D eigenvalue weighted by atomic mass is 35.5. The van der Waals surface area contributed by atoms with Crippen LogP contribution in [0.5, 0.6) is 0 Å². The Bertz CT molecular complexity index is 580. The Labute approximate surface area is 109 Å². The molecule has 0 bridgehead atoms. The van der Waals surface area contributed by atoms with Crippen LogP contribution in [0.1, 0.15) is 21.8 Å². The summed E-state index contributed by atoms with van der Waals surface area (Å²) in [5, 5.41) is 6.92. The molecule has 0 aliphatic carbocycles. The van der Waals surface area contributed by atoms with Crippen molar-refractivity contribution in [2.24, 2.45) is 0 Å². The fraction of sp³-hybridized carbons (Fsp3) is 0.167. The quantitative estimate of drug-likeness (QED) is 0.833. The third-order valence-electron chi connectivity index (χ3n) is 2.37. The molecule has 0 unspecified atom stereocenters. The van der Waals surface area contributed by atoms with Gasteiger partial charge in [-0.05, 0) is 25.1 Å². The summed E-state index contributed by atoms with van der Waals surface area (Å²) in [6.45, 7) is 2.09. The zero-order valence-electron chi connectivity index (χ0n) is 9.74. The lowest BCUT2D eigenvalue weighted by Crippen LogP contribution is -2.23. The molecule has 2 aromatic rings. The Kier molecular flexibility index (Phi) is 3.53. The Hall–Kier alpha value is -2.01. The second kappa shape index (κ2) is 5.10. The summed E-state index contributed by atoms with van der Waals surface area (Å²) in [7, 11) is 0. The molecule has 6 heteroatoms. The molecule has 1 aromatic carbocycles. The van der Waals surface area contributed by atoms with E-state index in [-0.39, 0.29) is 5.91 Å². The molecule has 1 amide bonds. The lowest BCUT2D eigenvalue weighted by atomic mass is 10.2. The first-order chi connectivity index (χ1) is 8.56. The number of hydrogen-bond donors (Lipinski definition) is 2. The molecule has 0 atom stereocenters. The number of carbonyl (C=O) groups is 1. The van der Waals surface area contributed by atoms with E-state index in [9.17, 15) is 4.79 Å². The fourth-order valence-corrected chi connectivity index (χ4v) is 1.58. The van der Waals surface area contributed by atoms with Gasteiger partial charge in [0, 0.05) is 11.6 Å². The summed E-state index contributed by atoms with van der Waals surface area (Å²) in [5.74, 6) is 0.467. The van der Waals surface area contributed by atoms with Gasteiger partial charge in [0.25, 0.3) is 5.91 Å². The van der Waals surface area contributed by atoms with E-state index in [1.54, 1.807) is 25.1 Å². The number of hydrogen-bond acceptors (Lipinski definition) is 4. The van der Waals surface area contributed by atoms with E-state index in [1.807, 2.05) is 0 Å². The Balaban J connectivity index is 2.01. The van der Waals surface area contributed by atoms with Crippen molar-refractivity contribution >= 4 is 23.2 Å². The van der Waals surface area contributed by atoms with Crippen LogP contribution in [-0.4, -0.2) is 11.1 Å². The van der Waals surface area contributed by atoms with Crippen LogP contribution in [0.3, 0.4) is 0 Å². The van der Waals surface area contributed by atoms with Gasteiger partial charge in [0.15, 0.2) is 0 Å². The van der Waals surface area contributed by atoms with Crippen LogP contribution >= 0.6 is 11.6 Å². The molecule has 94 valence electrons. The molecule has 0 aliphatic heterocycles. The van der Waals surface area contributed by atoms with Gasteiger partial charge in [-0.25, -0.2) is 0 Å². The Morgan fingerprint density at radius 2 is 2.28 bits per heavy atom. The second-order valence-electron chi connectivity index (χ2n) is 3.85. The fourth-order valence-electron chi connectivity index (χ4n) is 1.46. The standard InChI is InChI=1S/C12H12ClN3O2/c1-7-4-9(16-18-7)6-15-12(17)8-2-3-10(13)11(14)5-8/h2-5H,6,14H2,1H3,(H,15,17). The minimum atomic E-state index is -0.237. The highest BCUT2D eigenvalue weighted by Crippen LogP contribution is 2.19. The van der Waals surface area contributed by atoms with Gasteiger partial charge in [0.1, 0.15) is 11.5 Å². The summed E-state index contributed by atoms with van der Waals surface area (Å²) in [5.41, 5.74) is 7.13. The van der Waals surface area contributed by atoms with E-state index in [1.165, 1.54) is 6.07 Å². The van der Waals surface area contributed by atoms with Crippen LogP contribution in [-0.2, 0) is 6.54 Å². The predicted molar refractivity (Wildman–Crippen MR) is 68.3 cm³/mol. The van der Waals surface area contributed by atoms with Gasteiger partial charge in [0.05, 0.1) is 17.3 Å². The number of nitrogens with one attached hydrogen (secondary N) is 1. The molecule has 3 N–H and O–H groups in total. The summed E-state index contributed by atoms with van der Waals surface area (Å²) in [4.78, 5) is 11.8. The van der Waals surface area contributed by atoms with E-state index in [2.05, 4.69) is 10.5 Å². The number of aryl methyl sites for hydroxylation is 1. The number of nitrogen functional groups attached to an aromatic ring is 1. The van der Waals surface area contributed by atoms with E-state index in [0.29, 0.717) is 34.3 Å². The predicted octanol–water partition coefficient (Wildman–Crippen LogP) is 2.15. The molecule has 0 radical (unpaired) electrons. The number of nitrogens with zero attached hydrogens (tertiary/aromatic N) is 1. The molecular formula is C12H12ClN3O2. The molecule has 0 aliphatic rings. The van der Waals surface area contributed by atoms with Crippen molar-refractivity contribution in [2.45, 2.75) is 13.5 Å². The van der Waals surface area contributed by atoms with Crippen LogP contribution in [0, 0.1) is 6.92 Å². The molecule has 1 aromatic heterocycles. The molecule has 0 saturated heterocycles. The van der Waals surface area contributed by atoms with Gasteiger partial charge in [-0.2, -0.15) is 0 Å². The first kappa shape index (κ1) is 12.4. The maximum Gasteiger partial charge on any atom is 0.251 e. The molecule has 0 spiro atoms. The maximum atomic E-state index is 11.8. The van der Waals surface area contributed by atoms with Crippen molar-refractivity contribution in [2.75, 3.05) is 5.73 Å². The normalized spacial score (nSPS) is 10.3. The molecule has 18 heavy (non-hydrogen) atoms. The lowest BCUT2D eigenvalue weighted by Gasteiger charge is -2.04. The Morgan fingerprint density at radius 3 is 2.89 bits per heavy atom. The van der Waals surface area contributed by atoms with E-state index >= 15 is 0 Å². The summed E-state index contributed by atoms with van der Waals surface area (Å²) < 4.78 is 4.90. The van der Waals surface area contributed by atoms with E-state index in [4.69, 9.17) is 21.9 Å². The Morgan fingerprint density at radius 1 is 1.50 bits per heavy atom. The molecule has 1 heterocycles. The van der Waals surface area contributed by atoms with E-state index in [0.717, 1.165) is 0 Å². The van der Waals surface area contributed by atoms with Gasteiger partial charge < -0.3 is 15.6 Å². The van der Waals surface area contributed by atoms with Crippen LogP contribution in [0.25, 0.3) is 0 Å². The summed E-state index contributed by atoms with van der Waals surface area (Å²) >= 11 is 5.78. The van der Waals surface area contributed by atoms with Crippen LogP contribution in [0.2, 0.25) is 5.02 Å². The monoisotopic (exact) mass is 265 g/mol. The smallest absolute Gasteiger partial charge is 0.251 e. The van der Waals surface area contributed by atoms with Gasteiger partial charge in [-0.1, -0.05) is 16.8 Å². The van der Waals surface area contributed by atoms with Crippen molar-refractivity contribution in [3.05, 3.63) is 46.3 Å². The number of nitrogens with two attached hydrogens (primary N) is 1. The number of halogens is 1. The molecule has 2 rings (SSSR count). The number of rotatable bonds is 3. The zero-order valence-corrected chi connectivity index (χ0v) is 10.5. The summed E-state index contributed by atoms with van der Waals surface area (Å²) in [6, 6.07) is 6.50. The van der Waals surface area contributed by atoms with Crippen LogP contribution < -0.4 is 11.1 Å². The maximum absolute atomic E-state index is 11.8. The summed E-state index contributed by atoms with van der Waals surface area (Å²) in [6.07, 6.45) is 0. The lowest BCUT2D eigenvalue weighted by molar-refractivity contribution is 0.0950. The number of aromatic nitrogens is 1. The number of anilines is 1. The van der Waals surface area contributed by atoms with Gasteiger partial charge in [0.2, 0.25) is 0 Å². The van der Waals surface area contributed by atoms with Crippen LogP contribution in [0.15, 0.2) is 28.8 Å². The topological polar surface area (TPSA) is 81.2 Å². The van der Waals surface area contributed by atoms with Gasteiger partial charge in [-0.3, -0.25) is 4.79 Å².